The highest BCUT2D eigenvalue weighted by Gasteiger charge is 2.10. The standard InChI is InChI=1S/C8H18N2O2/c1-3-9-6-7(2)8(12)10-4-5-11/h7,9,11H,3-6H2,1-2H3,(H,10,12). The van der Waals surface area contributed by atoms with Crippen molar-refractivity contribution in [2.75, 3.05) is 26.2 Å². The molecule has 0 aromatic rings. The van der Waals surface area contributed by atoms with Crippen LogP contribution in [-0.4, -0.2) is 37.3 Å². The number of hydrogen-bond acceptors (Lipinski definition) is 3. The molecule has 0 saturated carbocycles. The van der Waals surface area contributed by atoms with Gasteiger partial charge in [0.1, 0.15) is 0 Å². The largest absolute Gasteiger partial charge is 0.395 e. The molecule has 3 N–H and O–H groups in total. The molecule has 0 radical (unpaired) electrons. The van der Waals surface area contributed by atoms with Gasteiger partial charge in [-0.2, -0.15) is 0 Å². The second kappa shape index (κ2) is 7.06. The van der Waals surface area contributed by atoms with E-state index in [4.69, 9.17) is 5.11 Å². The molecule has 0 bridgehead atoms. The molecule has 72 valence electrons. The Kier molecular flexibility index (Phi) is 6.70. The van der Waals surface area contributed by atoms with E-state index in [1.165, 1.54) is 0 Å². The Morgan fingerprint density at radius 2 is 2.25 bits per heavy atom. The third-order valence-corrected chi connectivity index (χ3v) is 1.56. The monoisotopic (exact) mass is 174 g/mol. The smallest absolute Gasteiger partial charge is 0.224 e. The second-order valence-electron chi connectivity index (χ2n) is 2.72. The van der Waals surface area contributed by atoms with Crippen molar-refractivity contribution in [3.8, 4) is 0 Å². The quantitative estimate of drug-likeness (QED) is 0.501. The lowest BCUT2D eigenvalue weighted by Crippen LogP contribution is -2.36. The third-order valence-electron chi connectivity index (χ3n) is 1.56. The maximum absolute atomic E-state index is 11.1. The van der Waals surface area contributed by atoms with Crippen molar-refractivity contribution in [2.45, 2.75) is 13.8 Å². The molecule has 0 fully saturated rings. The minimum absolute atomic E-state index is 0.000331. The number of aliphatic hydroxyl groups excluding tert-OH is 1. The minimum Gasteiger partial charge on any atom is -0.395 e. The number of aliphatic hydroxyl groups is 1. The van der Waals surface area contributed by atoms with Crippen molar-refractivity contribution in [2.24, 2.45) is 5.92 Å². The zero-order valence-corrected chi connectivity index (χ0v) is 7.76. The fraction of sp³-hybridized carbons (Fsp3) is 0.875. The number of hydrogen-bond donors (Lipinski definition) is 3. The third kappa shape index (κ3) is 5.09. The molecule has 0 aliphatic carbocycles. The highest BCUT2D eigenvalue weighted by atomic mass is 16.3. The molecule has 4 heteroatoms. The molecule has 1 atom stereocenters. The first-order valence-corrected chi connectivity index (χ1v) is 4.31. The summed E-state index contributed by atoms with van der Waals surface area (Å²) in [5.41, 5.74) is 0. The number of rotatable bonds is 6. The number of carbonyl (C=O) groups excluding carboxylic acids is 1. The average molecular weight is 174 g/mol. The zero-order valence-electron chi connectivity index (χ0n) is 7.76. The Bertz CT molecular complexity index is 128. The fourth-order valence-electron chi connectivity index (χ4n) is 0.807. The van der Waals surface area contributed by atoms with Crippen LogP contribution >= 0.6 is 0 Å². The van der Waals surface area contributed by atoms with Crippen LogP contribution in [0, 0.1) is 5.92 Å². The molecule has 12 heavy (non-hydrogen) atoms. The molecule has 1 amide bonds. The van der Waals surface area contributed by atoms with E-state index in [0.29, 0.717) is 13.1 Å². The van der Waals surface area contributed by atoms with Crippen LogP contribution in [-0.2, 0) is 4.79 Å². The van der Waals surface area contributed by atoms with E-state index in [1.54, 1.807) is 0 Å². The van der Waals surface area contributed by atoms with E-state index in [0.717, 1.165) is 6.54 Å². The van der Waals surface area contributed by atoms with Crippen LogP contribution in [0.25, 0.3) is 0 Å². The predicted octanol–water partition coefficient (Wildman–Crippen LogP) is -0.659. The lowest BCUT2D eigenvalue weighted by Gasteiger charge is -2.11. The van der Waals surface area contributed by atoms with Crippen molar-refractivity contribution < 1.29 is 9.90 Å². The first-order valence-electron chi connectivity index (χ1n) is 4.31. The van der Waals surface area contributed by atoms with Crippen LogP contribution in [0.1, 0.15) is 13.8 Å². The Morgan fingerprint density at radius 1 is 1.58 bits per heavy atom. The lowest BCUT2D eigenvalue weighted by molar-refractivity contribution is -0.124. The molecular weight excluding hydrogens is 156 g/mol. The Morgan fingerprint density at radius 3 is 2.75 bits per heavy atom. The first-order chi connectivity index (χ1) is 5.72. The van der Waals surface area contributed by atoms with E-state index in [9.17, 15) is 4.79 Å². The Balaban J connectivity index is 3.47. The predicted molar refractivity (Wildman–Crippen MR) is 47.8 cm³/mol. The van der Waals surface area contributed by atoms with Crippen molar-refractivity contribution in [1.82, 2.24) is 10.6 Å². The summed E-state index contributed by atoms with van der Waals surface area (Å²) in [6.07, 6.45) is 0. The van der Waals surface area contributed by atoms with Crippen molar-refractivity contribution in [3.63, 3.8) is 0 Å². The van der Waals surface area contributed by atoms with Gasteiger partial charge in [-0.05, 0) is 6.54 Å². The van der Waals surface area contributed by atoms with Crippen molar-refractivity contribution >= 4 is 5.91 Å². The van der Waals surface area contributed by atoms with Crippen LogP contribution < -0.4 is 10.6 Å². The van der Waals surface area contributed by atoms with Gasteiger partial charge in [-0.3, -0.25) is 4.79 Å². The van der Waals surface area contributed by atoms with Gasteiger partial charge in [-0.25, -0.2) is 0 Å². The molecular formula is C8H18N2O2. The van der Waals surface area contributed by atoms with Gasteiger partial charge in [0.25, 0.3) is 0 Å². The van der Waals surface area contributed by atoms with Gasteiger partial charge in [0.05, 0.1) is 6.61 Å². The SMILES string of the molecule is CCNCC(C)C(=O)NCCO. The summed E-state index contributed by atoms with van der Waals surface area (Å²) in [6.45, 7) is 5.76. The Hall–Kier alpha value is -0.610. The highest BCUT2D eigenvalue weighted by Crippen LogP contribution is 1.91. The summed E-state index contributed by atoms with van der Waals surface area (Å²) < 4.78 is 0. The Labute approximate surface area is 73.3 Å². The summed E-state index contributed by atoms with van der Waals surface area (Å²) >= 11 is 0. The van der Waals surface area contributed by atoms with Crippen LogP contribution in [0.3, 0.4) is 0 Å². The molecule has 0 aromatic carbocycles. The molecule has 0 spiro atoms. The van der Waals surface area contributed by atoms with Gasteiger partial charge in [0.15, 0.2) is 0 Å². The van der Waals surface area contributed by atoms with Crippen LogP contribution in [0.5, 0.6) is 0 Å². The van der Waals surface area contributed by atoms with Crippen molar-refractivity contribution in [3.05, 3.63) is 0 Å². The van der Waals surface area contributed by atoms with Gasteiger partial charge >= 0.3 is 0 Å². The van der Waals surface area contributed by atoms with Crippen LogP contribution in [0.2, 0.25) is 0 Å². The summed E-state index contributed by atoms with van der Waals surface area (Å²) in [4.78, 5) is 11.1. The molecule has 1 unspecified atom stereocenters. The van der Waals surface area contributed by atoms with E-state index in [1.807, 2.05) is 13.8 Å². The minimum atomic E-state index is -0.0310. The van der Waals surface area contributed by atoms with E-state index in [-0.39, 0.29) is 18.4 Å². The summed E-state index contributed by atoms with van der Waals surface area (Å²) in [5, 5.41) is 14.1. The van der Waals surface area contributed by atoms with E-state index >= 15 is 0 Å². The van der Waals surface area contributed by atoms with Gasteiger partial charge in [-0.1, -0.05) is 13.8 Å². The fourth-order valence-corrected chi connectivity index (χ4v) is 0.807. The first kappa shape index (κ1) is 11.4. The maximum Gasteiger partial charge on any atom is 0.224 e. The van der Waals surface area contributed by atoms with Crippen LogP contribution in [0.15, 0.2) is 0 Å². The molecule has 0 rings (SSSR count). The number of amides is 1. The summed E-state index contributed by atoms with van der Waals surface area (Å²) in [7, 11) is 0. The summed E-state index contributed by atoms with van der Waals surface area (Å²) in [6, 6.07) is 0. The van der Waals surface area contributed by atoms with Gasteiger partial charge < -0.3 is 15.7 Å². The van der Waals surface area contributed by atoms with Gasteiger partial charge in [0, 0.05) is 19.0 Å². The highest BCUT2D eigenvalue weighted by molar-refractivity contribution is 5.78. The van der Waals surface area contributed by atoms with Gasteiger partial charge in [-0.15, -0.1) is 0 Å². The zero-order chi connectivity index (χ0) is 9.40. The molecule has 0 aliphatic heterocycles. The lowest BCUT2D eigenvalue weighted by atomic mass is 10.1. The maximum atomic E-state index is 11.1. The molecule has 4 nitrogen and oxygen atoms in total. The normalized spacial score (nSPS) is 12.6. The van der Waals surface area contributed by atoms with Gasteiger partial charge in [0.2, 0.25) is 5.91 Å². The van der Waals surface area contributed by atoms with Crippen LogP contribution in [0.4, 0.5) is 0 Å². The number of nitrogens with one attached hydrogen (secondary N) is 2. The molecule has 0 aromatic heterocycles. The van der Waals surface area contributed by atoms with E-state index < -0.39 is 0 Å². The molecule has 0 saturated heterocycles. The second-order valence-corrected chi connectivity index (χ2v) is 2.72. The van der Waals surface area contributed by atoms with E-state index in [2.05, 4.69) is 10.6 Å². The number of carbonyl (C=O) groups is 1. The van der Waals surface area contributed by atoms with Crippen molar-refractivity contribution in [1.29, 1.82) is 0 Å². The molecule has 0 aliphatic rings. The topological polar surface area (TPSA) is 61.4 Å². The average Bonchev–Trinajstić information content (AvgIpc) is 2.10. The summed E-state index contributed by atoms with van der Waals surface area (Å²) in [5.74, 6) is -0.0403. The molecule has 0 heterocycles.